The van der Waals surface area contributed by atoms with Gasteiger partial charge in [0.25, 0.3) is 0 Å². The average molecular weight is 249 g/mol. The Morgan fingerprint density at radius 2 is 1.76 bits per heavy atom. The number of fused-ring (bicyclic) bond motifs is 1. The molecule has 88 valence electrons. The van der Waals surface area contributed by atoms with Gasteiger partial charge in [0.05, 0.1) is 5.02 Å². The van der Waals surface area contributed by atoms with Gasteiger partial charge in [0, 0.05) is 5.39 Å². The highest BCUT2D eigenvalue weighted by Gasteiger charge is 2.15. The average Bonchev–Trinajstić information content (AvgIpc) is 2.36. The molecule has 2 N–H and O–H groups in total. The first kappa shape index (κ1) is 11.8. The van der Waals surface area contributed by atoms with Crippen molar-refractivity contribution < 1.29 is 10.2 Å². The largest absolute Gasteiger partial charge is 0.504 e. The van der Waals surface area contributed by atoms with E-state index in [4.69, 9.17) is 11.6 Å². The predicted octanol–water partition coefficient (Wildman–Crippen LogP) is 4.02. The van der Waals surface area contributed by atoms with Crippen LogP contribution in [0.15, 0.2) is 36.4 Å². The van der Waals surface area contributed by atoms with E-state index in [0.29, 0.717) is 11.8 Å². The minimum Gasteiger partial charge on any atom is -0.504 e. The maximum absolute atomic E-state index is 9.84. The molecule has 0 saturated carbocycles. The summed E-state index contributed by atoms with van der Waals surface area (Å²) >= 11 is 6.07. The van der Waals surface area contributed by atoms with E-state index in [1.165, 1.54) is 0 Å². The molecule has 0 fully saturated rings. The van der Waals surface area contributed by atoms with E-state index >= 15 is 0 Å². The molecule has 3 heteroatoms. The number of aromatic hydroxyl groups is 2. The van der Waals surface area contributed by atoms with Crippen molar-refractivity contribution in [2.45, 2.75) is 13.3 Å². The maximum atomic E-state index is 9.84. The first-order chi connectivity index (χ1) is 8.16. The Morgan fingerprint density at radius 3 is 2.41 bits per heavy atom. The number of benzene rings is 2. The Labute approximate surface area is 105 Å². The van der Waals surface area contributed by atoms with Crippen LogP contribution in [0.3, 0.4) is 0 Å². The number of phenols is 2. The van der Waals surface area contributed by atoms with Crippen LogP contribution in [0.2, 0.25) is 5.02 Å². The third-order valence-electron chi connectivity index (χ3n) is 2.76. The summed E-state index contributed by atoms with van der Waals surface area (Å²) in [6.07, 6.45) is 4.52. The lowest BCUT2D eigenvalue weighted by Gasteiger charge is -2.11. The van der Waals surface area contributed by atoms with Gasteiger partial charge in [0.15, 0.2) is 11.5 Å². The van der Waals surface area contributed by atoms with Crippen LogP contribution in [-0.2, 0) is 6.42 Å². The van der Waals surface area contributed by atoms with E-state index in [1.807, 2.05) is 37.3 Å². The SMILES string of the molecule is CC=CCc1c(Cl)c(O)c(O)c2ccccc12. The molecule has 2 aromatic carbocycles. The van der Waals surface area contributed by atoms with Gasteiger partial charge < -0.3 is 10.2 Å². The molecule has 17 heavy (non-hydrogen) atoms. The number of rotatable bonds is 2. The standard InChI is InChI=1S/C14H13ClO2/c1-2-3-6-10-9-7-4-5-8-11(9)13(16)14(17)12(10)15/h2-5,7-8,16-17H,6H2,1H3. The van der Waals surface area contributed by atoms with Gasteiger partial charge in [-0.05, 0) is 24.3 Å². The molecule has 2 aromatic rings. The monoisotopic (exact) mass is 248 g/mol. The summed E-state index contributed by atoms with van der Waals surface area (Å²) in [4.78, 5) is 0. The van der Waals surface area contributed by atoms with Crippen LogP contribution >= 0.6 is 11.6 Å². The summed E-state index contributed by atoms with van der Waals surface area (Å²) < 4.78 is 0. The lowest BCUT2D eigenvalue weighted by molar-refractivity contribution is 0.408. The molecular formula is C14H13ClO2. The Kier molecular flexibility index (Phi) is 3.25. The van der Waals surface area contributed by atoms with Crippen molar-refractivity contribution in [3.8, 4) is 11.5 Å². The minimum absolute atomic E-state index is 0.158. The van der Waals surface area contributed by atoms with Gasteiger partial charge in [-0.25, -0.2) is 0 Å². The Balaban J connectivity index is 2.80. The summed E-state index contributed by atoms with van der Waals surface area (Å²) in [6.45, 7) is 1.93. The van der Waals surface area contributed by atoms with Gasteiger partial charge >= 0.3 is 0 Å². The molecule has 0 atom stereocenters. The topological polar surface area (TPSA) is 40.5 Å². The van der Waals surface area contributed by atoms with Crippen LogP contribution in [0, 0.1) is 0 Å². The Hall–Kier alpha value is -1.67. The van der Waals surface area contributed by atoms with Crippen LogP contribution in [-0.4, -0.2) is 10.2 Å². The number of hydrogen-bond acceptors (Lipinski definition) is 2. The van der Waals surface area contributed by atoms with Crippen molar-refractivity contribution in [1.29, 1.82) is 0 Å². The second-order valence-electron chi connectivity index (χ2n) is 3.81. The molecule has 0 radical (unpaired) electrons. The molecule has 0 saturated heterocycles. The Bertz CT molecular complexity index is 588. The third-order valence-corrected chi connectivity index (χ3v) is 3.17. The zero-order valence-electron chi connectivity index (χ0n) is 9.44. The van der Waals surface area contributed by atoms with E-state index in [2.05, 4.69) is 0 Å². The molecule has 2 rings (SSSR count). The summed E-state index contributed by atoms with van der Waals surface area (Å²) in [7, 11) is 0. The molecule has 0 aliphatic carbocycles. The second kappa shape index (κ2) is 4.68. The van der Waals surface area contributed by atoms with E-state index < -0.39 is 0 Å². The fourth-order valence-electron chi connectivity index (χ4n) is 1.88. The highest BCUT2D eigenvalue weighted by atomic mass is 35.5. The van der Waals surface area contributed by atoms with E-state index in [0.717, 1.165) is 10.9 Å². The van der Waals surface area contributed by atoms with Crippen molar-refractivity contribution in [3.05, 3.63) is 47.0 Å². The molecule has 0 amide bonds. The number of halogens is 1. The lowest BCUT2D eigenvalue weighted by atomic mass is 10.0. The molecule has 0 aliphatic heterocycles. The second-order valence-corrected chi connectivity index (χ2v) is 4.19. The van der Waals surface area contributed by atoms with Gasteiger partial charge in [0.2, 0.25) is 0 Å². The van der Waals surface area contributed by atoms with E-state index in [9.17, 15) is 10.2 Å². The molecule has 0 spiro atoms. The molecule has 0 unspecified atom stereocenters. The number of phenolic OH excluding ortho intramolecular Hbond substituents is 2. The quantitative estimate of drug-likeness (QED) is 0.622. The van der Waals surface area contributed by atoms with Gasteiger partial charge in [-0.15, -0.1) is 0 Å². The molecule has 2 nitrogen and oxygen atoms in total. The van der Waals surface area contributed by atoms with Crippen molar-refractivity contribution in [3.63, 3.8) is 0 Å². The van der Waals surface area contributed by atoms with Crippen molar-refractivity contribution in [2.75, 3.05) is 0 Å². The summed E-state index contributed by atoms with van der Waals surface area (Å²) in [6, 6.07) is 7.35. The van der Waals surface area contributed by atoms with Gasteiger partial charge in [-0.3, -0.25) is 0 Å². The smallest absolute Gasteiger partial charge is 0.177 e. The van der Waals surface area contributed by atoms with Gasteiger partial charge in [-0.1, -0.05) is 48.0 Å². The van der Waals surface area contributed by atoms with Crippen LogP contribution in [0.4, 0.5) is 0 Å². The first-order valence-electron chi connectivity index (χ1n) is 5.39. The molecule has 0 bridgehead atoms. The van der Waals surface area contributed by atoms with Crippen LogP contribution in [0.5, 0.6) is 11.5 Å². The summed E-state index contributed by atoms with van der Waals surface area (Å²) in [5.41, 5.74) is 0.829. The zero-order chi connectivity index (χ0) is 12.4. The highest BCUT2D eigenvalue weighted by molar-refractivity contribution is 6.34. The zero-order valence-corrected chi connectivity index (χ0v) is 10.2. The van der Waals surface area contributed by atoms with E-state index in [1.54, 1.807) is 6.07 Å². The van der Waals surface area contributed by atoms with Crippen LogP contribution in [0.1, 0.15) is 12.5 Å². The van der Waals surface area contributed by atoms with Crippen molar-refractivity contribution in [2.24, 2.45) is 0 Å². The Morgan fingerprint density at radius 1 is 1.12 bits per heavy atom. The van der Waals surface area contributed by atoms with Gasteiger partial charge in [0.1, 0.15) is 0 Å². The lowest BCUT2D eigenvalue weighted by Crippen LogP contribution is -1.88. The molecule has 0 aliphatic rings. The number of hydrogen-bond donors (Lipinski definition) is 2. The predicted molar refractivity (Wildman–Crippen MR) is 70.8 cm³/mol. The number of allylic oxidation sites excluding steroid dienone is 2. The maximum Gasteiger partial charge on any atom is 0.177 e. The van der Waals surface area contributed by atoms with Crippen molar-refractivity contribution >= 4 is 22.4 Å². The molecule has 0 aromatic heterocycles. The fourth-order valence-corrected chi connectivity index (χ4v) is 2.15. The van der Waals surface area contributed by atoms with E-state index in [-0.39, 0.29) is 16.5 Å². The summed E-state index contributed by atoms with van der Waals surface area (Å²) in [5.74, 6) is -0.403. The first-order valence-corrected chi connectivity index (χ1v) is 5.76. The molecule has 0 heterocycles. The van der Waals surface area contributed by atoms with Crippen LogP contribution < -0.4 is 0 Å². The fraction of sp³-hybridized carbons (Fsp3) is 0.143. The van der Waals surface area contributed by atoms with Crippen LogP contribution in [0.25, 0.3) is 10.8 Å². The third kappa shape index (κ3) is 1.96. The normalized spacial score (nSPS) is 11.4. The van der Waals surface area contributed by atoms with Gasteiger partial charge in [-0.2, -0.15) is 0 Å². The molecular weight excluding hydrogens is 236 g/mol. The minimum atomic E-state index is -0.245. The summed E-state index contributed by atoms with van der Waals surface area (Å²) in [5, 5.41) is 21.3. The highest BCUT2D eigenvalue weighted by Crippen LogP contribution is 2.43. The van der Waals surface area contributed by atoms with Crippen molar-refractivity contribution in [1.82, 2.24) is 0 Å².